The monoisotopic (exact) mass is 603 g/mol. The maximum atomic E-state index is 13.9. The molecule has 0 amide bonds. The maximum Gasteiger partial charge on any atom is 0.338 e. The first-order valence-corrected chi connectivity index (χ1v) is 14.4. The molecule has 0 unspecified atom stereocenters. The van der Waals surface area contributed by atoms with Gasteiger partial charge < -0.3 is 9.47 Å². The Labute approximate surface area is 248 Å². The SMILES string of the molecule is COc1ccc([C@H]2C(C(=O)OC(C)C)=C(C)N=c3s/c(=C/c4ccc(Sc5ncccn5)c([N+](=O)[O-])c4)c(=O)n32)cc1. The highest BCUT2D eigenvalue weighted by molar-refractivity contribution is 7.99. The van der Waals surface area contributed by atoms with Crippen molar-refractivity contribution in [2.24, 2.45) is 4.99 Å². The van der Waals surface area contributed by atoms with Crippen molar-refractivity contribution in [1.82, 2.24) is 14.5 Å². The third-order valence-electron chi connectivity index (χ3n) is 6.24. The number of nitro benzene ring substituents is 1. The molecule has 1 aliphatic rings. The molecule has 0 aliphatic carbocycles. The van der Waals surface area contributed by atoms with E-state index in [0.717, 1.165) is 23.1 Å². The van der Waals surface area contributed by atoms with Gasteiger partial charge in [0.25, 0.3) is 11.2 Å². The molecule has 0 fully saturated rings. The van der Waals surface area contributed by atoms with Crippen molar-refractivity contribution in [3.05, 3.63) is 113 Å². The summed E-state index contributed by atoms with van der Waals surface area (Å²) in [5.74, 6) is 0.0626. The van der Waals surface area contributed by atoms with Crippen LogP contribution in [-0.2, 0) is 9.53 Å². The molecule has 0 spiro atoms. The number of methoxy groups -OCH3 is 1. The number of nitro groups is 1. The fourth-order valence-corrected chi connectivity index (χ4v) is 6.25. The Morgan fingerprint density at radius 3 is 2.52 bits per heavy atom. The average Bonchev–Trinajstić information content (AvgIpc) is 3.27. The van der Waals surface area contributed by atoms with Gasteiger partial charge in [-0.05, 0) is 74.0 Å². The molecule has 0 saturated carbocycles. The van der Waals surface area contributed by atoms with Gasteiger partial charge in [-0.2, -0.15) is 0 Å². The number of fused-ring (bicyclic) bond motifs is 1. The number of nitrogens with zero attached hydrogens (tertiary/aromatic N) is 5. The lowest BCUT2D eigenvalue weighted by Gasteiger charge is -2.25. The fraction of sp³-hybridized carbons (Fsp3) is 0.207. The van der Waals surface area contributed by atoms with Gasteiger partial charge in [0.1, 0.15) is 5.75 Å². The third kappa shape index (κ3) is 5.87. The quantitative estimate of drug-likeness (QED) is 0.126. The molecule has 42 heavy (non-hydrogen) atoms. The van der Waals surface area contributed by atoms with Gasteiger partial charge in [-0.1, -0.05) is 29.5 Å². The summed E-state index contributed by atoms with van der Waals surface area (Å²) in [6.07, 6.45) is 4.33. The molecule has 1 atom stereocenters. The molecular weight excluding hydrogens is 578 g/mol. The summed E-state index contributed by atoms with van der Waals surface area (Å²) < 4.78 is 12.6. The van der Waals surface area contributed by atoms with Crippen LogP contribution in [0.3, 0.4) is 0 Å². The number of carbonyl (C=O) groups is 1. The predicted octanol–water partition coefficient (Wildman–Crippen LogP) is 4.04. The van der Waals surface area contributed by atoms with Gasteiger partial charge in [-0.15, -0.1) is 0 Å². The molecule has 1 aliphatic heterocycles. The van der Waals surface area contributed by atoms with Crippen molar-refractivity contribution in [2.75, 3.05) is 7.11 Å². The number of aromatic nitrogens is 3. The molecule has 0 radical (unpaired) electrons. The molecule has 214 valence electrons. The number of carbonyl (C=O) groups excluding carboxylic acids is 1. The van der Waals surface area contributed by atoms with Gasteiger partial charge >= 0.3 is 5.97 Å². The van der Waals surface area contributed by atoms with Crippen LogP contribution in [0.5, 0.6) is 5.75 Å². The molecule has 13 heteroatoms. The molecule has 0 bridgehead atoms. The van der Waals surface area contributed by atoms with Crippen molar-refractivity contribution < 1.29 is 19.2 Å². The van der Waals surface area contributed by atoms with E-state index < -0.39 is 16.9 Å². The van der Waals surface area contributed by atoms with Crippen molar-refractivity contribution in [1.29, 1.82) is 0 Å². The third-order valence-corrected chi connectivity index (χ3v) is 8.18. The molecule has 4 aromatic rings. The number of thiazole rings is 1. The van der Waals surface area contributed by atoms with Crippen LogP contribution in [0.25, 0.3) is 6.08 Å². The predicted molar refractivity (Wildman–Crippen MR) is 157 cm³/mol. The van der Waals surface area contributed by atoms with Gasteiger partial charge in [0.15, 0.2) is 9.96 Å². The van der Waals surface area contributed by atoms with Crippen LogP contribution in [0.2, 0.25) is 0 Å². The van der Waals surface area contributed by atoms with E-state index in [-0.39, 0.29) is 22.9 Å². The van der Waals surface area contributed by atoms with Crippen molar-refractivity contribution in [2.45, 2.75) is 43.0 Å². The topological polar surface area (TPSA) is 139 Å². The van der Waals surface area contributed by atoms with Crippen molar-refractivity contribution in [3.63, 3.8) is 0 Å². The van der Waals surface area contributed by atoms with E-state index in [0.29, 0.717) is 42.0 Å². The minimum absolute atomic E-state index is 0.139. The zero-order valence-corrected chi connectivity index (χ0v) is 24.6. The van der Waals surface area contributed by atoms with Crippen molar-refractivity contribution in [3.8, 4) is 5.75 Å². The summed E-state index contributed by atoms with van der Waals surface area (Å²) in [6.45, 7) is 5.21. The first kappa shape index (κ1) is 28.9. The highest BCUT2D eigenvalue weighted by atomic mass is 32.2. The number of benzene rings is 2. The summed E-state index contributed by atoms with van der Waals surface area (Å²) in [5, 5.41) is 12.3. The lowest BCUT2D eigenvalue weighted by Crippen LogP contribution is -2.40. The highest BCUT2D eigenvalue weighted by Crippen LogP contribution is 2.34. The summed E-state index contributed by atoms with van der Waals surface area (Å²) >= 11 is 2.21. The second-order valence-corrected chi connectivity index (χ2v) is 11.4. The van der Waals surface area contributed by atoms with E-state index in [1.54, 1.807) is 88.8 Å². The fourth-order valence-electron chi connectivity index (χ4n) is 4.40. The minimum atomic E-state index is -0.792. The summed E-state index contributed by atoms with van der Waals surface area (Å²) in [7, 11) is 1.55. The standard InChI is InChI=1S/C29H25N5O6S2/c1-16(2)40-27(36)24-17(3)32-29-33(25(24)19-7-9-20(39-4)10-8-19)26(35)23(42-29)15-18-6-11-22(21(14-18)34(37)38)41-28-30-12-5-13-31-28/h5-16,25H,1-4H3/b23-15+/t25-/m0/s1. The van der Waals surface area contributed by atoms with Crippen molar-refractivity contribution >= 4 is 40.8 Å². The highest BCUT2D eigenvalue weighted by Gasteiger charge is 2.34. The molecule has 5 rings (SSSR count). The Balaban J connectivity index is 1.62. The Kier molecular flexibility index (Phi) is 8.31. The Bertz CT molecular complexity index is 1880. The molecule has 0 N–H and O–H groups in total. The molecular formula is C29H25N5O6S2. The molecule has 11 nitrogen and oxygen atoms in total. The van der Waals surface area contributed by atoms with Gasteiger partial charge in [0, 0.05) is 18.5 Å². The smallest absolute Gasteiger partial charge is 0.338 e. The Morgan fingerprint density at radius 2 is 1.88 bits per heavy atom. The van der Waals surface area contributed by atoms with Gasteiger partial charge in [0.2, 0.25) is 0 Å². The molecule has 3 heterocycles. The summed E-state index contributed by atoms with van der Waals surface area (Å²) in [4.78, 5) is 52.1. The first-order valence-electron chi connectivity index (χ1n) is 12.8. The van der Waals surface area contributed by atoms with Gasteiger partial charge in [-0.25, -0.2) is 19.8 Å². The summed E-state index contributed by atoms with van der Waals surface area (Å²) in [6, 6.07) is 12.7. The van der Waals surface area contributed by atoms with E-state index in [2.05, 4.69) is 15.0 Å². The average molecular weight is 604 g/mol. The zero-order chi connectivity index (χ0) is 30.0. The first-order chi connectivity index (χ1) is 20.2. The van der Waals surface area contributed by atoms with Gasteiger partial charge in [-0.3, -0.25) is 19.5 Å². The largest absolute Gasteiger partial charge is 0.497 e. The second kappa shape index (κ2) is 12.1. The number of allylic oxidation sites excluding steroid dienone is 1. The lowest BCUT2D eigenvalue weighted by molar-refractivity contribution is -0.387. The van der Waals surface area contributed by atoms with E-state index in [1.165, 1.54) is 10.6 Å². The van der Waals surface area contributed by atoms with Crippen LogP contribution in [0.4, 0.5) is 5.69 Å². The number of esters is 1. The van der Waals surface area contributed by atoms with Crippen LogP contribution >= 0.6 is 23.1 Å². The van der Waals surface area contributed by atoms with Crippen LogP contribution in [-0.4, -0.2) is 38.6 Å². The lowest BCUT2D eigenvalue weighted by atomic mass is 9.96. The van der Waals surface area contributed by atoms with E-state index >= 15 is 0 Å². The summed E-state index contributed by atoms with van der Waals surface area (Å²) in [5.41, 5.74) is 1.30. The number of hydrogen-bond acceptors (Lipinski definition) is 11. The Hall–Kier alpha value is -4.62. The van der Waals surface area contributed by atoms with E-state index in [9.17, 15) is 19.7 Å². The maximum absolute atomic E-state index is 13.9. The van der Waals surface area contributed by atoms with Crippen LogP contribution in [0.1, 0.15) is 37.9 Å². The molecule has 2 aromatic heterocycles. The van der Waals surface area contributed by atoms with Gasteiger partial charge in [0.05, 0.1) is 44.9 Å². The normalized spacial score (nSPS) is 14.9. The van der Waals surface area contributed by atoms with Crippen LogP contribution in [0.15, 0.2) is 92.0 Å². The molecule has 0 saturated heterocycles. The van der Waals surface area contributed by atoms with E-state index in [4.69, 9.17) is 9.47 Å². The minimum Gasteiger partial charge on any atom is -0.497 e. The number of ether oxygens (including phenoxy) is 2. The van der Waals surface area contributed by atoms with Crippen LogP contribution < -0.4 is 19.6 Å². The number of hydrogen-bond donors (Lipinski definition) is 0. The second-order valence-electron chi connectivity index (χ2n) is 9.43. The Morgan fingerprint density at radius 1 is 1.17 bits per heavy atom. The van der Waals surface area contributed by atoms with E-state index in [1.807, 2.05) is 0 Å². The van der Waals surface area contributed by atoms with Crippen LogP contribution in [0, 0.1) is 10.1 Å². The number of rotatable bonds is 8. The molecule has 2 aromatic carbocycles. The zero-order valence-electron chi connectivity index (χ0n) is 23.0.